The Morgan fingerprint density at radius 3 is 1.95 bits per heavy atom. The average Bonchev–Trinajstić information content (AvgIpc) is 2.97. The Hall–Kier alpha value is -3.66. The molecule has 1 unspecified atom stereocenters. The molecule has 0 aliphatic carbocycles. The molecule has 3 fully saturated rings. The van der Waals surface area contributed by atoms with Crippen LogP contribution in [0, 0.1) is 0 Å². The van der Waals surface area contributed by atoms with E-state index < -0.39 is 41.0 Å². The van der Waals surface area contributed by atoms with Gasteiger partial charge in [-0.25, -0.2) is 9.59 Å². The first kappa shape index (κ1) is 28.9. The van der Waals surface area contributed by atoms with Crippen LogP contribution in [-0.2, 0) is 18.9 Å². The minimum absolute atomic E-state index is 0.139. The fraction of sp³-hybridized carbons (Fsp3) is 0.481. The number of aliphatic hydroxyl groups excluding tert-OH is 2. The third-order valence-corrected chi connectivity index (χ3v) is 7.32. The summed E-state index contributed by atoms with van der Waals surface area (Å²) < 4.78 is 25.7. The topological polar surface area (TPSA) is 187 Å². The van der Waals surface area contributed by atoms with Crippen molar-refractivity contribution in [3.8, 4) is 0 Å². The molecule has 14 heteroatoms. The first-order valence-corrected chi connectivity index (χ1v) is 13.3. The van der Waals surface area contributed by atoms with Crippen LogP contribution in [0.3, 0.4) is 0 Å². The van der Waals surface area contributed by atoms with Crippen LogP contribution in [0.2, 0.25) is 0 Å². The van der Waals surface area contributed by atoms with E-state index in [-0.39, 0.29) is 37.5 Å². The van der Waals surface area contributed by atoms with E-state index in [4.69, 9.17) is 24.1 Å². The van der Waals surface area contributed by atoms with Gasteiger partial charge < -0.3 is 29.2 Å². The van der Waals surface area contributed by atoms with Crippen LogP contribution in [0.15, 0.2) is 74.0 Å². The van der Waals surface area contributed by atoms with Crippen molar-refractivity contribution in [1.82, 2.24) is 19.1 Å². The van der Waals surface area contributed by atoms with Crippen molar-refractivity contribution in [2.45, 2.75) is 55.6 Å². The zero-order valence-electron chi connectivity index (χ0n) is 22.0. The molecule has 2 aromatic heterocycles. The maximum absolute atomic E-state index is 12.0. The molecule has 220 valence electrons. The van der Waals surface area contributed by atoms with Gasteiger partial charge in [-0.1, -0.05) is 30.3 Å². The molecule has 3 aliphatic heterocycles. The largest absolute Gasteiger partial charge is 0.394 e. The van der Waals surface area contributed by atoms with Crippen molar-refractivity contribution in [1.29, 1.82) is 0 Å². The number of hydrogen-bond donors (Lipinski definition) is 4. The number of ether oxygens (including phenoxy) is 4. The summed E-state index contributed by atoms with van der Waals surface area (Å²) in [4.78, 5) is 50.0. The fourth-order valence-electron chi connectivity index (χ4n) is 5.13. The van der Waals surface area contributed by atoms with Gasteiger partial charge in [0.2, 0.25) is 0 Å². The Morgan fingerprint density at radius 2 is 1.37 bits per heavy atom. The van der Waals surface area contributed by atoms with Crippen LogP contribution in [0.4, 0.5) is 0 Å². The lowest BCUT2D eigenvalue weighted by Crippen LogP contribution is -2.49. The van der Waals surface area contributed by atoms with Gasteiger partial charge in [0.05, 0.1) is 50.7 Å². The predicted molar refractivity (Wildman–Crippen MR) is 143 cm³/mol. The molecule has 0 radical (unpaired) electrons. The lowest BCUT2D eigenvalue weighted by Gasteiger charge is -2.42. The van der Waals surface area contributed by atoms with E-state index in [1.807, 2.05) is 30.3 Å². The Labute approximate surface area is 232 Å². The standard InChI is InChI=1S/C17H18N2O5.C10H14N2O5/c20-15-6-7-19(17(21)18-15)12-8-13-14(22-9-12)10-23-16(24-13)11-4-2-1-3-5-11;13-4-8-7(14)3-6(5-17-8)12-2-1-9(15)11-10(12)16/h1-7,12-14,16H,8-10H2,(H,18,20,21);1-2,6-8,13-14H,3-5H2,(H,11,15,16)/t12-,13+,14-,16?;6-,7+,8-/m11/s1. The van der Waals surface area contributed by atoms with Crippen molar-refractivity contribution in [3.05, 3.63) is 102 Å². The second-order valence-corrected chi connectivity index (χ2v) is 10.1. The van der Waals surface area contributed by atoms with Crippen LogP contribution in [0.5, 0.6) is 0 Å². The van der Waals surface area contributed by atoms with Gasteiger partial charge in [-0.2, -0.15) is 0 Å². The van der Waals surface area contributed by atoms with E-state index >= 15 is 0 Å². The quantitative estimate of drug-likeness (QED) is 0.308. The average molecular weight is 573 g/mol. The summed E-state index contributed by atoms with van der Waals surface area (Å²) in [7, 11) is 0. The van der Waals surface area contributed by atoms with Crippen LogP contribution in [0.25, 0.3) is 0 Å². The van der Waals surface area contributed by atoms with Gasteiger partial charge in [0.25, 0.3) is 11.1 Å². The van der Waals surface area contributed by atoms with Crippen molar-refractivity contribution in [3.63, 3.8) is 0 Å². The molecule has 3 aliphatic rings. The summed E-state index contributed by atoms with van der Waals surface area (Å²) in [5.74, 6) is 0. The van der Waals surface area contributed by atoms with E-state index in [1.165, 1.54) is 33.7 Å². The van der Waals surface area contributed by atoms with Gasteiger partial charge >= 0.3 is 11.4 Å². The third-order valence-electron chi connectivity index (χ3n) is 7.32. The Morgan fingerprint density at radius 1 is 0.756 bits per heavy atom. The predicted octanol–water partition coefficient (Wildman–Crippen LogP) is -0.799. The maximum Gasteiger partial charge on any atom is 0.328 e. The molecule has 0 saturated carbocycles. The van der Waals surface area contributed by atoms with E-state index in [0.29, 0.717) is 26.1 Å². The number of aromatic amines is 2. The minimum atomic E-state index is -0.822. The molecule has 4 N–H and O–H groups in total. The minimum Gasteiger partial charge on any atom is -0.394 e. The van der Waals surface area contributed by atoms with Crippen molar-refractivity contribution in [2.24, 2.45) is 0 Å². The molecule has 3 aromatic rings. The number of fused-ring (bicyclic) bond motifs is 1. The summed E-state index contributed by atoms with van der Waals surface area (Å²) >= 11 is 0. The SMILES string of the molecule is O=c1ccn([C@H]2CO[C@@H]3COC(c4ccccc4)O[C@H]3C2)c(=O)[nH]1.O=c1ccn([C@H]2CO[C@H](CO)[C@@H](O)C2)c(=O)[nH]1. The second-order valence-electron chi connectivity index (χ2n) is 10.1. The summed E-state index contributed by atoms with van der Waals surface area (Å²) in [6, 6.07) is 11.8. The third kappa shape index (κ3) is 6.81. The molecule has 1 aromatic carbocycles. The van der Waals surface area contributed by atoms with Crippen LogP contribution in [0.1, 0.15) is 36.8 Å². The molecule has 0 amide bonds. The number of aromatic nitrogens is 4. The van der Waals surface area contributed by atoms with Gasteiger partial charge in [-0.05, 0) is 12.8 Å². The first-order valence-electron chi connectivity index (χ1n) is 13.3. The molecule has 14 nitrogen and oxygen atoms in total. The Kier molecular flexibility index (Phi) is 9.07. The van der Waals surface area contributed by atoms with Gasteiger partial charge in [0.15, 0.2) is 6.29 Å². The van der Waals surface area contributed by atoms with E-state index in [0.717, 1.165) is 5.56 Å². The van der Waals surface area contributed by atoms with Crippen molar-refractivity contribution in [2.75, 3.05) is 26.4 Å². The summed E-state index contributed by atoms with van der Waals surface area (Å²) in [6.45, 7) is 0.802. The van der Waals surface area contributed by atoms with Gasteiger partial charge in [-0.15, -0.1) is 0 Å². The van der Waals surface area contributed by atoms with Crippen molar-refractivity contribution < 1.29 is 29.2 Å². The number of H-pyrrole nitrogens is 2. The summed E-state index contributed by atoms with van der Waals surface area (Å²) in [6.07, 6.45) is 1.65. The normalized spacial score (nSPS) is 29.6. The molecule has 0 bridgehead atoms. The first-order chi connectivity index (χ1) is 19.8. The van der Waals surface area contributed by atoms with Crippen LogP contribution < -0.4 is 22.5 Å². The number of nitrogens with one attached hydrogen (secondary N) is 2. The van der Waals surface area contributed by atoms with Crippen molar-refractivity contribution >= 4 is 0 Å². The van der Waals surface area contributed by atoms with E-state index in [2.05, 4.69) is 9.97 Å². The van der Waals surface area contributed by atoms with Gasteiger partial charge in [0.1, 0.15) is 12.2 Å². The molecule has 41 heavy (non-hydrogen) atoms. The zero-order valence-corrected chi connectivity index (χ0v) is 22.0. The summed E-state index contributed by atoms with van der Waals surface area (Å²) in [5.41, 5.74) is -0.865. The smallest absolute Gasteiger partial charge is 0.328 e. The zero-order chi connectivity index (χ0) is 28.9. The number of hydrogen-bond acceptors (Lipinski definition) is 10. The molecule has 5 heterocycles. The highest BCUT2D eigenvalue weighted by molar-refractivity contribution is 5.16. The monoisotopic (exact) mass is 572 g/mol. The van der Waals surface area contributed by atoms with Crippen LogP contribution in [-0.4, -0.2) is 80.2 Å². The fourth-order valence-corrected chi connectivity index (χ4v) is 5.13. The lowest BCUT2D eigenvalue weighted by molar-refractivity contribution is -0.282. The second kappa shape index (κ2) is 12.9. The molecule has 7 atom stereocenters. The highest BCUT2D eigenvalue weighted by atomic mass is 16.7. The molecule has 6 rings (SSSR count). The van der Waals surface area contributed by atoms with Gasteiger partial charge in [0, 0.05) is 30.1 Å². The Balaban J connectivity index is 0.000000175. The number of rotatable bonds is 4. The van der Waals surface area contributed by atoms with E-state index in [9.17, 15) is 24.3 Å². The number of benzene rings is 1. The number of nitrogens with zero attached hydrogens (tertiary/aromatic N) is 2. The molecular weight excluding hydrogens is 540 g/mol. The highest BCUT2D eigenvalue weighted by Gasteiger charge is 2.39. The van der Waals surface area contributed by atoms with Crippen LogP contribution >= 0.6 is 0 Å². The highest BCUT2D eigenvalue weighted by Crippen LogP contribution is 2.34. The molecule has 0 spiro atoms. The number of aliphatic hydroxyl groups is 2. The summed E-state index contributed by atoms with van der Waals surface area (Å²) in [5, 5.41) is 18.6. The Bertz CT molecular complexity index is 1530. The molecular formula is C27H32N4O10. The van der Waals surface area contributed by atoms with E-state index in [1.54, 1.807) is 0 Å². The maximum atomic E-state index is 12.0. The lowest BCUT2D eigenvalue weighted by atomic mass is 10.0. The van der Waals surface area contributed by atoms with Gasteiger partial charge in [-0.3, -0.25) is 28.7 Å². The molecule has 3 saturated heterocycles.